The molecule has 2 aromatic carbocycles. The Bertz CT molecular complexity index is 1090. The molecule has 0 saturated carbocycles. The molecule has 0 fully saturated rings. The van der Waals surface area contributed by atoms with Gasteiger partial charge in [-0.15, -0.1) is 0 Å². The van der Waals surface area contributed by atoms with Gasteiger partial charge in [0.25, 0.3) is 0 Å². The van der Waals surface area contributed by atoms with Crippen molar-refractivity contribution in [2.75, 3.05) is 6.61 Å². The summed E-state index contributed by atoms with van der Waals surface area (Å²) >= 11 is 0. The highest BCUT2D eigenvalue weighted by Gasteiger charge is 2.08. The fraction of sp³-hybridized carbons (Fsp3) is 0.269. The zero-order valence-corrected chi connectivity index (χ0v) is 17.6. The maximum absolute atomic E-state index is 5.98. The van der Waals surface area contributed by atoms with Gasteiger partial charge in [-0.25, -0.2) is 4.98 Å². The first-order valence-electron chi connectivity index (χ1n) is 10.6. The molecule has 154 valence electrons. The summed E-state index contributed by atoms with van der Waals surface area (Å²) in [6.07, 6.45) is 7.68. The van der Waals surface area contributed by atoms with Crippen LogP contribution in [0.25, 0.3) is 23.2 Å². The predicted molar refractivity (Wildman–Crippen MR) is 123 cm³/mol. The lowest BCUT2D eigenvalue weighted by atomic mass is 9.99. The third-order valence-corrected chi connectivity index (χ3v) is 5.48. The van der Waals surface area contributed by atoms with Gasteiger partial charge in [-0.3, -0.25) is 0 Å². The first-order chi connectivity index (χ1) is 14.7. The second-order valence-electron chi connectivity index (χ2n) is 7.54. The van der Waals surface area contributed by atoms with Crippen LogP contribution < -0.4 is 4.74 Å². The quantitative estimate of drug-likeness (QED) is 0.291. The van der Waals surface area contributed by atoms with Crippen molar-refractivity contribution >= 4 is 23.2 Å². The molecule has 30 heavy (non-hydrogen) atoms. The topological polar surface area (TPSA) is 40.2 Å². The van der Waals surface area contributed by atoms with Crippen molar-refractivity contribution in [2.24, 2.45) is 0 Å². The van der Waals surface area contributed by atoms with Gasteiger partial charge in [0.2, 0.25) is 0 Å². The van der Waals surface area contributed by atoms with Crippen LogP contribution in [0, 0.1) is 0 Å². The summed E-state index contributed by atoms with van der Waals surface area (Å²) in [5.74, 6) is 3.25. The third-order valence-electron chi connectivity index (χ3n) is 5.48. The van der Waals surface area contributed by atoms with E-state index in [-0.39, 0.29) is 0 Å². The van der Waals surface area contributed by atoms with Gasteiger partial charge in [-0.05, 0) is 72.9 Å². The van der Waals surface area contributed by atoms with E-state index in [1.807, 2.05) is 36.4 Å². The zero-order chi connectivity index (χ0) is 20.8. The van der Waals surface area contributed by atoms with E-state index in [2.05, 4.69) is 54.8 Å². The summed E-state index contributed by atoms with van der Waals surface area (Å²) in [6.45, 7) is 5.97. The van der Waals surface area contributed by atoms with Crippen molar-refractivity contribution in [3.8, 4) is 5.75 Å². The normalized spacial score (nSPS) is 12.6. The number of furan rings is 1. The summed E-state index contributed by atoms with van der Waals surface area (Å²) in [4.78, 5) is 4.78. The summed E-state index contributed by atoms with van der Waals surface area (Å²) in [6, 6.07) is 20.5. The van der Waals surface area contributed by atoms with Crippen molar-refractivity contribution in [3.05, 3.63) is 84.1 Å². The highest BCUT2D eigenvalue weighted by Crippen LogP contribution is 2.22. The monoisotopic (exact) mass is 400 g/mol. The van der Waals surface area contributed by atoms with Crippen LogP contribution in [0.3, 0.4) is 0 Å². The molecule has 0 saturated heterocycles. The molecule has 4 heteroatoms. The zero-order valence-electron chi connectivity index (χ0n) is 17.6. The van der Waals surface area contributed by atoms with E-state index in [0.717, 1.165) is 47.8 Å². The smallest absolute Gasteiger partial charge is 0.133 e. The van der Waals surface area contributed by atoms with Gasteiger partial charge in [-0.1, -0.05) is 38.1 Å². The van der Waals surface area contributed by atoms with Crippen molar-refractivity contribution in [1.29, 1.82) is 0 Å². The predicted octanol–water partition coefficient (Wildman–Crippen LogP) is 6.78. The van der Waals surface area contributed by atoms with E-state index < -0.39 is 0 Å². The van der Waals surface area contributed by atoms with Crippen LogP contribution in [0.1, 0.15) is 49.8 Å². The van der Waals surface area contributed by atoms with E-state index in [4.69, 9.17) is 14.1 Å². The summed E-state index contributed by atoms with van der Waals surface area (Å²) in [5, 5.41) is 0. The van der Waals surface area contributed by atoms with Gasteiger partial charge in [-0.2, -0.15) is 0 Å². The highest BCUT2D eigenvalue weighted by molar-refractivity contribution is 5.79. The van der Waals surface area contributed by atoms with E-state index in [9.17, 15) is 0 Å². The minimum atomic E-state index is 0.584. The standard InChI is InChI=1S/C26H28N2O2/c1-3-20(2)21-11-13-23(14-12-21)30-19-7-17-28-25-10-5-4-9-24(25)27-26(28)16-15-22-8-6-18-29-22/h4-6,8-16,18,20H,3,7,17,19H2,1-2H3/b16-15+. The second-order valence-corrected chi connectivity index (χ2v) is 7.54. The lowest BCUT2D eigenvalue weighted by molar-refractivity contribution is 0.302. The Kier molecular flexibility index (Phi) is 6.33. The van der Waals surface area contributed by atoms with Gasteiger partial charge < -0.3 is 13.7 Å². The molecule has 4 aromatic rings. The number of fused-ring (bicyclic) bond motifs is 1. The van der Waals surface area contributed by atoms with Crippen molar-refractivity contribution < 1.29 is 9.15 Å². The number of imidazole rings is 1. The van der Waals surface area contributed by atoms with E-state index in [1.165, 1.54) is 5.56 Å². The number of aryl methyl sites for hydroxylation is 1. The van der Waals surface area contributed by atoms with Gasteiger partial charge in [0.15, 0.2) is 0 Å². The van der Waals surface area contributed by atoms with Crippen molar-refractivity contribution in [1.82, 2.24) is 9.55 Å². The average Bonchev–Trinajstić information content (AvgIpc) is 3.43. The van der Waals surface area contributed by atoms with Crippen LogP contribution >= 0.6 is 0 Å². The molecule has 0 aliphatic carbocycles. The maximum atomic E-state index is 5.98. The molecule has 1 atom stereocenters. The lowest BCUT2D eigenvalue weighted by Crippen LogP contribution is -2.06. The number of para-hydroxylation sites is 2. The minimum absolute atomic E-state index is 0.584. The summed E-state index contributed by atoms with van der Waals surface area (Å²) < 4.78 is 13.6. The molecule has 0 aliphatic rings. The van der Waals surface area contributed by atoms with Gasteiger partial charge in [0.05, 0.1) is 23.9 Å². The number of hydrogen-bond donors (Lipinski definition) is 0. The van der Waals surface area contributed by atoms with Crippen molar-refractivity contribution in [3.63, 3.8) is 0 Å². The molecule has 0 bridgehead atoms. The fourth-order valence-electron chi connectivity index (χ4n) is 3.54. The van der Waals surface area contributed by atoms with Gasteiger partial charge in [0, 0.05) is 6.54 Å². The van der Waals surface area contributed by atoms with E-state index in [1.54, 1.807) is 6.26 Å². The van der Waals surface area contributed by atoms with Gasteiger partial charge >= 0.3 is 0 Å². The number of benzene rings is 2. The molecule has 2 aromatic heterocycles. The SMILES string of the molecule is CCC(C)c1ccc(OCCCn2c(/C=C/c3ccco3)nc3ccccc32)cc1. The van der Waals surface area contributed by atoms with Crippen LogP contribution in [0.2, 0.25) is 0 Å². The molecule has 0 spiro atoms. The summed E-state index contributed by atoms with van der Waals surface area (Å²) in [5.41, 5.74) is 3.50. The van der Waals surface area contributed by atoms with Gasteiger partial charge in [0.1, 0.15) is 17.3 Å². The average molecular weight is 401 g/mol. The third kappa shape index (κ3) is 4.65. The van der Waals surface area contributed by atoms with Crippen LogP contribution in [-0.4, -0.2) is 16.2 Å². The molecule has 2 heterocycles. The Morgan fingerprint density at radius 3 is 2.63 bits per heavy atom. The largest absolute Gasteiger partial charge is 0.494 e. The second kappa shape index (κ2) is 9.49. The van der Waals surface area contributed by atoms with E-state index in [0.29, 0.717) is 12.5 Å². The highest BCUT2D eigenvalue weighted by atomic mass is 16.5. The molecule has 0 aliphatic heterocycles. The minimum Gasteiger partial charge on any atom is -0.494 e. The summed E-state index contributed by atoms with van der Waals surface area (Å²) in [7, 11) is 0. The lowest BCUT2D eigenvalue weighted by Gasteiger charge is -2.11. The first-order valence-corrected chi connectivity index (χ1v) is 10.6. The Morgan fingerprint density at radius 1 is 1.03 bits per heavy atom. The number of ether oxygens (including phenoxy) is 1. The Hall–Kier alpha value is -3.27. The van der Waals surface area contributed by atoms with Crippen LogP contribution in [-0.2, 0) is 6.54 Å². The Balaban J connectivity index is 1.41. The van der Waals surface area contributed by atoms with Crippen molar-refractivity contribution in [2.45, 2.75) is 39.2 Å². The number of rotatable bonds is 9. The van der Waals surface area contributed by atoms with Crippen LogP contribution in [0.4, 0.5) is 0 Å². The Morgan fingerprint density at radius 2 is 1.87 bits per heavy atom. The van der Waals surface area contributed by atoms with Crippen LogP contribution in [0.15, 0.2) is 71.3 Å². The molecule has 0 amide bonds. The molecule has 1 unspecified atom stereocenters. The molecule has 4 rings (SSSR count). The number of nitrogens with zero attached hydrogens (tertiary/aromatic N) is 2. The maximum Gasteiger partial charge on any atom is 0.133 e. The molecular weight excluding hydrogens is 372 g/mol. The van der Waals surface area contributed by atoms with E-state index >= 15 is 0 Å². The molecule has 0 radical (unpaired) electrons. The number of aromatic nitrogens is 2. The fourth-order valence-corrected chi connectivity index (χ4v) is 3.54. The molecule has 0 N–H and O–H groups in total. The number of hydrogen-bond acceptors (Lipinski definition) is 3. The van der Waals surface area contributed by atoms with Crippen LogP contribution in [0.5, 0.6) is 5.75 Å². The Labute approximate surface area is 177 Å². The molecular formula is C26H28N2O2. The first kappa shape index (κ1) is 20.0. The molecule has 4 nitrogen and oxygen atoms in total.